The molecule has 1 heterocycles. The van der Waals surface area contributed by atoms with E-state index in [1.165, 1.54) is 10.2 Å². The molecule has 0 bridgehead atoms. The molecule has 2 rings (SSSR count). The summed E-state index contributed by atoms with van der Waals surface area (Å²) in [6.07, 6.45) is 0. The Labute approximate surface area is 118 Å². The van der Waals surface area contributed by atoms with Crippen molar-refractivity contribution >= 4 is 0 Å². The fourth-order valence-corrected chi connectivity index (χ4v) is 1.98. The minimum absolute atomic E-state index is 0.0712. The second-order valence-corrected chi connectivity index (χ2v) is 5.54. The zero-order valence-electron chi connectivity index (χ0n) is 11.8. The molecule has 0 amide bonds. The van der Waals surface area contributed by atoms with E-state index in [2.05, 4.69) is 31.1 Å². The first-order valence-electron chi connectivity index (χ1n) is 6.29. The lowest BCUT2D eigenvalue weighted by Crippen LogP contribution is -2.10. The van der Waals surface area contributed by atoms with Crippen LogP contribution < -0.4 is 0 Å². The first kappa shape index (κ1) is 13.8. The van der Waals surface area contributed by atoms with E-state index >= 15 is 0 Å². The van der Waals surface area contributed by atoms with Gasteiger partial charge >= 0.3 is 0 Å². The number of rotatable bonds is 2. The molecule has 0 unspecified atom stereocenters. The Morgan fingerprint density at radius 2 is 1.80 bits per heavy atom. The Bertz CT molecular complexity index is 690. The second kappa shape index (κ2) is 5.14. The molecule has 100 valence electrons. The number of nitriles is 2. The summed E-state index contributed by atoms with van der Waals surface area (Å²) in [5, 5.41) is 25.5. The number of nitrogens with zero attached hydrogens (tertiary/aromatic N) is 5. The van der Waals surface area contributed by atoms with Crippen molar-refractivity contribution in [2.75, 3.05) is 0 Å². The van der Waals surface area contributed by atoms with Gasteiger partial charge in [0.25, 0.3) is 0 Å². The van der Waals surface area contributed by atoms with Crippen molar-refractivity contribution in [1.29, 1.82) is 10.5 Å². The Kier molecular flexibility index (Phi) is 3.54. The smallest absolute Gasteiger partial charge is 0.190 e. The highest BCUT2D eigenvalue weighted by Gasteiger charge is 2.17. The molecule has 0 aliphatic carbocycles. The summed E-state index contributed by atoms with van der Waals surface area (Å²) in [5.41, 5.74) is 2.95. The lowest BCUT2D eigenvalue weighted by molar-refractivity contribution is 0.590. The lowest BCUT2D eigenvalue weighted by atomic mass is 9.86. The monoisotopic (exact) mass is 265 g/mol. The predicted molar refractivity (Wildman–Crippen MR) is 74.5 cm³/mol. The summed E-state index contributed by atoms with van der Waals surface area (Å²) < 4.78 is 1.45. The van der Waals surface area contributed by atoms with Crippen LogP contribution in [0.3, 0.4) is 0 Å². The summed E-state index contributed by atoms with van der Waals surface area (Å²) in [5.74, 6) is 0. The third-order valence-electron chi connectivity index (χ3n) is 3.09. The standard InChI is InChI=1S/C15H15N5/c1-15(2,3)12-6-4-11(5-7-12)14-13(10-17)18-19-20(14)9-8-16/h4-7H,9H2,1-3H3. The van der Waals surface area contributed by atoms with Crippen molar-refractivity contribution in [1.82, 2.24) is 15.0 Å². The zero-order chi connectivity index (χ0) is 14.8. The average Bonchev–Trinajstić information content (AvgIpc) is 2.81. The van der Waals surface area contributed by atoms with Crippen LogP contribution in [0.25, 0.3) is 11.3 Å². The van der Waals surface area contributed by atoms with Gasteiger partial charge in [0.05, 0.1) is 6.07 Å². The fraction of sp³-hybridized carbons (Fsp3) is 0.333. The van der Waals surface area contributed by atoms with Crippen LogP contribution in [-0.2, 0) is 12.0 Å². The molecule has 0 saturated carbocycles. The molecule has 0 radical (unpaired) electrons. The van der Waals surface area contributed by atoms with Crippen LogP contribution in [0.5, 0.6) is 0 Å². The Morgan fingerprint density at radius 3 is 2.30 bits per heavy atom. The predicted octanol–water partition coefficient (Wildman–Crippen LogP) is 2.64. The SMILES string of the molecule is CC(C)(C)c1ccc(-c2c(C#N)nnn2CC#N)cc1. The molecule has 0 aliphatic heterocycles. The number of benzene rings is 1. The Balaban J connectivity index is 2.50. The van der Waals surface area contributed by atoms with E-state index in [4.69, 9.17) is 10.5 Å². The second-order valence-electron chi connectivity index (χ2n) is 5.54. The van der Waals surface area contributed by atoms with Gasteiger partial charge in [-0.05, 0) is 11.0 Å². The van der Waals surface area contributed by atoms with E-state index in [9.17, 15) is 0 Å². The Hall–Kier alpha value is -2.66. The van der Waals surface area contributed by atoms with Crippen LogP contribution in [-0.4, -0.2) is 15.0 Å². The van der Waals surface area contributed by atoms with E-state index in [0.29, 0.717) is 5.69 Å². The fourth-order valence-electron chi connectivity index (χ4n) is 1.98. The van der Waals surface area contributed by atoms with Crippen LogP contribution in [0.15, 0.2) is 24.3 Å². The first-order valence-corrected chi connectivity index (χ1v) is 6.29. The Morgan fingerprint density at radius 1 is 1.15 bits per heavy atom. The lowest BCUT2D eigenvalue weighted by Gasteiger charge is -2.19. The van der Waals surface area contributed by atoms with E-state index in [-0.39, 0.29) is 17.7 Å². The summed E-state index contributed by atoms with van der Waals surface area (Å²) in [6, 6.07) is 12.0. The van der Waals surface area contributed by atoms with E-state index < -0.39 is 0 Å². The minimum Gasteiger partial charge on any atom is -0.229 e. The van der Waals surface area contributed by atoms with E-state index in [1.807, 2.05) is 36.4 Å². The largest absolute Gasteiger partial charge is 0.229 e. The number of hydrogen-bond acceptors (Lipinski definition) is 4. The zero-order valence-corrected chi connectivity index (χ0v) is 11.8. The van der Waals surface area contributed by atoms with Crippen molar-refractivity contribution in [2.24, 2.45) is 0 Å². The van der Waals surface area contributed by atoms with Gasteiger partial charge in [0.15, 0.2) is 5.69 Å². The van der Waals surface area contributed by atoms with Crippen LogP contribution in [0.4, 0.5) is 0 Å². The van der Waals surface area contributed by atoms with Gasteiger partial charge in [0.1, 0.15) is 18.3 Å². The molecule has 20 heavy (non-hydrogen) atoms. The summed E-state index contributed by atoms with van der Waals surface area (Å²) in [6.45, 7) is 6.50. The van der Waals surface area contributed by atoms with Gasteiger partial charge in [-0.3, -0.25) is 0 Å². The number of hydrogen-bond donors (Lipinski definition) is 0. The van der Waals surface area contributed by atoms with Crippen molar-refractivity contribution in [2.45, 2.75) is 32.7 Å². The highest BCUT2D eigenvalue weighted by atomic mass is 15.4. The van der Waals surface area contributed by atoms with Crippen LogP contribution >= 0.6 is 0 Å². The van der Waals surface area contributed by atoms with E-state index in [0.717, 1.165) is 5.56 Å². The molecule has 0 saturated heterocycles. The first-order chi connectivity index (χ1) is 9.47. The number of aromatic nitrogens is 3. The summed E-state index contributed by atoms with van der Waals surface area (Å²) in [4.78, 5) is 0. The topological polar surface area (TPSA) is 78.3 Å². The molecular weight excluding hydrogens is 250 g/mol. The van der Waals surface area contributed by atoms with Crippen molar-refractivity contribution in [3.8, 4) is 23.4 Å². The van der Waals surface area contributed by atoms with Crippen molar-refractivity contribution in [3.05, 3.63) is 35.5 Å². The molecular formula is C15H15N5. The van der Waals surface area contributed by atoms with Gasteiger partial charge in [-0.2, -0.15) is 10.5 Å². The normalized spacial score (nSPS) is 10.8. The third-order valence-corrected chi connectivity index (χ3v) is 3.09. The van der Waals surface area contributed by atoms with Crippen LogP contribution in [0, 0.1) is 22.7 Å². The van der Waals surface area contributed by atoms with Gasteiger partial charge in [0, 0.05) is 5.56 Å². The summed E-state index contributed by atoms with van der Waals surface area (Å²) >= 11 is 0. The molecule has 0 spiro atoms. The molecule has 0 atom stereocenters. The molecule has 0 aliphatic rings. The molecule has 0 fully saturated rings. The molecule has 1 aromatic heterocycles. The van der Waals surface area contributed by atoms with Crippen LogP contribution in [0.2, 0.25) is 0 Å². The average molecular weight is 265 g/mol. The molecule has 1 aromatic carbocycles. The highest BCUT2D eigenvalue weighted by Crippen LogP contribution is 2.27. The van der Waals surface area contributed by atoms with Gasteiger partial charge in [-0.25, -0.2) is 4.68 Å². The van der Waals surface area contributed by atoms with Gasteiger partial charge in [0.2, 0.25) is 0 Å². The van der Waals surface area contributed by atoms with E-state index in [1.54, 1.807) is 0 Å². The van der Waals surface area contributed by atoms with Gasteiger partial charge in [-0.1, -0.05) is 50.3 Å². The molecule has 2 aromatic rings. The third kappa shape index (κ3) is 2.53. The summed E-state index contributed by atoms with van der Waals surface area (Å²) in [7, 11) is 0. The van der Waals surface area contributed by atoms with Crippen LogP contribution in [0.1, 0.15) is 32.0 Å². The minimum atomic E-state index is 0.0712. The molecule has 0 N–H and O–H groups in total. The van der Waals surface area contributed by atoms with Crippen molar-refractivity contribution in [3.63, 3.8) is 0 Å². The van der Waals surface area contributed by atoms with Crippen molar-refractivity contribution < 1.29 is 0 Å². The van der Waals surface area contributed by atoms with Gasteiger partial charge in [-0.15, -0.1) is 5.10 Å². The maximum Gasteiger partial charge on any atom is 0.190 e. The highest BCUT2D eigenvalue weighted by molar-refractivity contribution is 5.65. The quantitative estimate of drug-likeness (QED) is 0.836. The maximum atomic E-state index is 9.10. The molecule has 5 heteroatoms. The van der Waals surface area contributed by atoms with Gasteiger partial charge < -0.3 is 0 Å². The molecule has 5 nitrogen and oxygen atoms in total. The maximum absolute atomic E-state index is 9.10.